The minimum atomic E-state index is -1.37. The lowest BCUT2D eigenvalue weighted by atomic mass is 9.64. The third-order valence-electron chi connectivity index (χ3n) is 10.1. The fraction of sp³-hybridized carbons (Fsp3) is 0.655. The fourth-order valence-electron chi connectivity index (χ4n) is 8.37. The molecule has 182 valence electrons. The van der Waals surface area contributed by atoms with E-state index in [4.69, 9.17) is 0 Å². The van der Waals surface area contributed by atoms with Crippen molar-refractivity contribution < 1.29 is 14.7 Å². The number of fused-ring (bicyclic) bond motifs is 5. The summed E-state index contributed by atoms with van der Waals surface area (Å²) in [4.78, 5) is 26.9. The molecular weight excluding hydrogens is 424 g/mol. The van der Waals surface area contributed by atoms with E-state index >= 15 is 0 Å². The van der Waals surface area contributed by atoms with Crippen LogP contribution in [0.5, 0.6) is 0 Å². The number of carboxylic acid groups (broad SMARTS) is 1. The van der Waals surface area contributed by atoms with Gasteiger partial charge in [-0.05, 0) is 74.7 Å². The van der Waals surface area contributed by atoms with Crippen LogP contribution < -0.4 is 0 Å². The predicted octanol–water partition coefficient (Wildman–Crippen LogP) is 5.93. The molecule has 0 radical (unpaired) electrons. The molecule has 2 aliphatic carbocycles. The van der Waals surface area contributed by atoms with E-state index < -0.39 is 11.8 Å². The molecule has 2 aliphatic heterocycles. The molecule has 0 amide bonds. The molecule has 1 aromatic heterocycles. The first kappa shape index (κ1) is 22.3. The van der Waals surface area contributed by atoms with Crippen molar-refractivity contribution in [2.45, 2.75) is 95.8 Å². The number of piperidine rings is 2. The molecule has 2 saturated carbocycles. The van der Waals surface area contributed by atoms with Crippen molar-refractivity contribution in [2.75, 3.05) is 0 Å². The van der Waals surface area contributed by atoms with Crippen LogP contribution in [0.2, 0.25) is 0 Å². The second-order valence-corrected chi connectivity index (χ2v) is 12.0. The van der Waals surface area contributed by atoms with Gasteiger partial charge < -0.3 is 9.67 Å². The highest BCUT2D eigenvalue weighted by Crippen LogP contribution is 2.50. The molecule has 5 heteroatoms. The number of aliphatic carboxylic acids is 1. The summed E-state index contributed by atoms with van der Waals surface area (Å²) in [5.74, 6) is 1.21. The zero-order chi connectivity index (χ0) is 23.6. The summed E-state index contributed by atoms with van der Waals surface area (Å²) in [5, 5.41) is 10.1. The summed E-state index contributed by atoms with van der Waals surface area (Å²) in [6.45, 7) is 4.92. The number of hydrogen-bond donors (Lipinski definition) is 1. The summed E-state index contributed by atoms with van der Waals surface area (Å²) in [7, 11) is 0. The van der Waals surface area contributed by atoms with Crippen LogP contribution in [0.25, 0.3) is 10.9 Å². The van der Waals surface area contributed by atoms with Crippen LogP contribution >= 0.6 is 0 Å². The van der Waals surface area contributed by atoms with Gasteiger partial charge in [0.1, 0.15) is 0 Å². The van der Waals surface area contributed by atoms with Crippen molar-refractivity contribution in [2.24, 2.45) is 23.7 Å². The SMILES string of the molecule is C[C@H]1CC[C@H]2C[C@@H]1C[C@H](N1[C@@H]3CC[C@H](C)[C@H]1C[C@@H](n1cc(C(=O)C(=O)O)c4ccccc41)C3)C2. The number of carboxylic acids is 1. The quantitative estimate of drug-likeness (QED) is 0.452. The Morgan fingerprint density at radius 3 is 2.47 bits per heavy atom. The molecule has 2 aromatic rings. The summed E-state index contributed by atoms with van der Waals surface area (Å²) >= 11 is 0. The standard InChI is InChI=1S/C29H38N2O3/c1-17-7-9-19-11-20(17)13-23(12-19)31-21-10-8-18(2)27(31)15-22(14-21)30-16-25(28(32)29(33)34)24-5-3-4-6-26(24)30/h3-6,16-23,27H,7-15H2,1-2H3,(H,33,34)/t17-,18-,19-,20+,21+,22-,23+,27+/m0/s1. The summed E-state index contributed by atoms with van der Waals surface area (Å²) in [6, 6.07) is 10.0. The second-order valence-electron chi connectivity index (χ2n) is 12.0. The van der Waals surface area contributed by atoms with Gasteiger partial charge in [0.15, 0.2) is 0 Å². The number of ketones is 1. The number of benzene rings is 1. The zero-order valence-electron chi connectivity index (χ0n) is 20.5. The third-order valence-corrected chi connectivity index (χ3v) is 10.1. The summed E-state index contributed by atoms with van der Waals surface area (Å²) in [6.07, 6.45) is 13.7. The van der Waals surface area contributed by atoms with Gasteiger partial charge in [-0.1, -0.05) is 44.9 Å². The molecule has 1 aromatic carbocycles. The number of Topliss-reactive ketones (excluding diaryl/α,β-unsaturated/α-hetero) is 1. The predicted molar refractivity (Wildman–Crippen MR) is 133 cm³/mol. The minimum Gasteiger partial charge on any atom is -0.475 e. The minimum absolute atomic E-state index is 0.316. The summed E-state index contributed by atoms with van der Waals surface area (Å²) in [5.41, 5.74) is 1.33. The van der Waals surface area contributed by atoms with Crippen molar-refractivity contribution >= 4 is 22.7 Å². The number of carbonyl (C=O) groups excluding carboxylic acids is 1. The van der Waals surface area contributed by atoms with Crippen molar-refractivity contribution in [1.29, 1.82) is 0 Å². The van der Waals surface area contributed by atoms with Gasteiger partial charge in [-0.15, -0.1) is 0 Å². The Morgan fingerprint density at radius 1 is 0.853 bits per heavy atom. The van der Waals surface area contributed by atoms with Gasteiger partial charge in [0.25, 0.3) is 5.78 Å². The lowest BCUT2D eigenvalue weighted by Gasteiger charge is -2.57. The topological polar surface area (TPSA) is 62.5 Å². The van der Waals surface area contributed by atoms with Gasteiger partial charge in [0.05, 0.1) is 5.56 Å². The first-order chi connectivity index (χ1) is 16.4. The average molecular weight is 463 g/mol. The number of hydrogen-bond acceptors (Lipinski definition) is 3. The van der Waals surface area contributed by atoms with E-state index in [0.29, 0.717) is 29.6 Å². The number of para-hydroxylation sites is 1. The van der Waals surface area contributed by atoms with Crippen LogP contribution in [0.4, 0.5) is 0 Å². The Morgan fingerprint density at radius 2 is 1.65 bits per heavy atom. The van der Waals surface area contributed by atoms with Crippen molar-refractivity contribution in [3.63, 3.8) is 0 Å². The molecule has 1 N–H and O–H groups in total. The highest BCUT2D eigenvalue weighted by molar-refractivity contribution is 6.42. The van der Waals surface area contributed by atoms with E-state index in [2.05, 4.69) is 23.3 Å². The van der Waals surface area contributed by atoms with E-state index in [0.717, 1.165) is 47.5 Å². The molecule has 4 bridgehead atoms. The van der Waals surface area contributed by atoms with E-state index in [1.165, 1.54) is 44.9 Å². The smallest absolute Gasteiger partial charge is 0.377 e. The Bertz CT molecular complexity index is 1110. The first-order valence-corrected chi connectivity index (χ1v) is 13.5. The highest BCUT2D eigenvalue weighted by Gasteiger charge is 2.48. The number of rotatable bonds is 4. The molecule has 8 atom stereocenters. The maximum atomic E-state index is 12.5. The van der Waals surface area contributed by atoms with Crippen molar-refractivity contribution in [1.82, 2.24) is 9.47 Å². The van der Waals surface area contributed by atoms with E-state index in [9.17, 15) is 14.7 Å². The van der Waals surface area contributed by atoms with Gasteiger partial charge in [0.2, 0.25) is 0 Å². The van der Waals surface area contributed by atoms with Crippen LogP contribution in [-0.2, 0) is 4.79 Å². The average Bonchev–Trinajstić information content (AvgIpc) is 3.22. The van der Waals surface area contributed by atoms with Crippen molar-refractivity contribution in [3.05, 3.63) is 36.0 Å². The van der Waals surface area contributed by atoms with Crippen molar-refractivity contribution in [3.8, 4) is 0 Å². The molecule has 4 aliphatic rings. The van der Waals surface area contributed by atoms with Gasteiger partial charge in [-0.25, -0.2) is 4.79 Å². The second kappa shape index (κ2) is 8.51. The first-order valence-electron chi connectivity index (χ1n) is 13.5. The van der Waals surface area contributed by atoms with Gasteiger partial charge >= 0.3 is 5.97 Å². The lowest BCUT2D eigenvalue weighted by Crippen LogP contribution is -2.60. The Kier molecular flexibility index (Phi) is 5.59. The number of carbonyl (C=O) groups is 2. The molecular formula is C29H38N2O3. The maximum absolute atomic E-state index is 12.5. The van der Waals surface area contributed by atoms with Crippen LogP contribution in [0.3, 0.4) is 0 Å². The van der Waals surface area contributed by atoms with Gasteiger partial charge in [0, 0.05) is 41.3 Å². The largest absolute Gasteiger partial charge is 0.475 e. The molecule has 4 fully saturated rings. The molecule has 2 saturated heterocycles. The third kappa shape index (κ3) is 3.62. The van der Waals surface area contributed by atoms with Crippen LogP contribution in [0, 0.1) is 23.7 Å². The van der Waals surface area contributed by atoms with Gasteiger partial charge in [-0.2, -0.15) is 0 Å². The monoisotopic (exact) mass is 462 g/mol. The number of nitrogens with zero attached hydrogens (tertiary/aromatic N) is 2. The normalized spacial score (nSPS) is 38.1. The van der Waals surface area contributed by atoms with E-state index in [1.807, 2.05) is 30.5 Å². The maximum Gasteiger partial charge on any atom is 0.377 e. The molecule has 3 heterocycles. The fourth-order valence-corrected chi connectivity index (χ4v) is 8.37. The Balaban J connectivity index is 1.31. The number of aromatic nitrogens is 1. The molecule has 0 unspecified atom stereocenters. The highest BCUT2D eigenvalue weighted by atomic mass is 16.4. The summed E-state index contributed by atoms with van der Waals surface area (Å²) < 4.78 is 2.25. The lowest BCUT2D eigenvalue weighted by molar-refractivity contribution is -0.131. The van der Waals surface area contributed by atoms with Crippen LogP contribution in [-0.4, -0.2) is 44.5 Å². The van der Waals surface area contributed by atoms with Gasteiger partial charge in [-0.3, -0.25) is 9.69 Å². The molecule has 34 heavy (non-hydrogen) atoms. The zero-order valence-corrected chi connectivity index (χ0v) is 20.5. The molecule has 0 spiro atoms. The Labute approximate surface area is 202 Å². The van der Waals surface area contributed by atoms with E-state index in [-0.39, 0.29) is 0 Å². The van der Waals surface area contributed by atoms with Crippen LogP contribution in [0.15, 0.2) is 30.5 Å². The van der Waals surface area contributed by atoms with E-state index in [1.54, 1.807) is 0 Å². The molecule has 6 rings (SSSR count). The van der Waals surface area contributed by atoms with Crippen LogP contribution in [0.1, 0.15) is 88.0 Å². The Hall–Kier alpha value is -2.14. The molecule has 5 nitrogen and oxygen atoms in total.